The van der Waals surface area contributed by atoms with Crippen LogP contribution in [-0.2, 0) is 6.54 Å². The maximum Gasteiger partial charge on any atom is 0.0489 e. The third kappa shape index (κ3) is 1.31. The van der Waals surface area contributed by atoms with Gasteiger partial charge >= 0.3 is 0 Å². The number of allylic oxidation sites excluding steroid dienone is 2. The maximum atomic E-state index is 3.51. The second-order valence-electron chi connectivity index (χ2n) is 5.05. The van der Waals surface area contributed by atoms with Crippen LogP contribution >= 0.6 is 0 Å². The molecule has 2 nitrogen and oxygen atoms in total. The summed E-state index contributed by atoms with van der Waals surface area (Å²) in [6, 6.07) is 6.73. The van der Waals surface area contributed by atoms with Gasteiger partial charge in [-0.2, -0.15) is 0 Å². The molecule has 1 atom stereocenters. The highest BCUT2D eigenvalue weighted by molar-refractivity contribution is 5.86. The third-order valence-electron chi connectivity index (χ3n) is 4.06. The van der Waals surface area contributed by atoms with Gasteiger partial charge in [0.25, 0.3) is 0 Å². The van der Waals surface area contributed by atoms with Crippen LogP contribution in [-0.4, -0.2) is 19.6 Å². The number of hydrogen-bond donors (Lipinski definition) is 1. The number of fused-ring (bicyclic) bond motifs is 2. The molecule has 0 saturated carbocycles. The molecule has 86 valence electrons. The van der Waals surface area contributed by atoms with E-state index in [0.717, 1.165) is 26.2 Å². The first-order chi connectivity index (χ1) is 8.43. The van der Waals surface area contributed by atoms with E-state index in [1.807, 2.05) is 0 Å². The second kappa shape index (κ2) is 3.47. The average molecular weight is 224 g/mol. The van der Waals surface area contributed by atoms with Crippen LogP contribution in [0.1, 0.15) is 11.1 Å². The molecule has 2 heterocycles. The Labute approximate surface area is 102 Å². The zero-order valence-electron chi connectivity index (χ0n) is 9.82. The first-order valence-corrected chi connectivity index (χ1v) is 6.40. The molecule has 4 rings (SSSR count). The minimum atomic E-state index is 0.607. The van der Waals surface area contributed by atoms with Crippen LogP contribution < -0.4 is 10.2 Å². The minimum Gasteiger partial charge on any atom is -0.369 e. The van der Waals surface area contributed by atoms with Crippen LogP contribution in [0.15, 0.2) is 36.4 Å². The van der Waals surface area contributed by atoms with Crippen molar-refractivity contribution < 1.29 is 0 Å². The number of hydrogen-bond acceptors (Lipinski definition) is 2. The van der Waals surface area contributed by atoms with Crippen LogP contribution in [0, 0.1) is 5.92 Å². The third-order valence-corrected chi connectivity index (χ3v) is 4.06. The van der Waals surface area contributed by atoms with E-state index >= 15 is 0 Å². The molecular weight excluding hydrogens is 208 g/mol. The fourth-order valence-corrected chi connectivity index (χ4v) is 3.28. The van der Waals surface area contributed by atoms with Gasteiger partial charge in [0.05, 0.1) is 0 Å². The fraction of sp³-hybridized carbons (Fsp3) is 0.333. The highest BCUT2D eigenvalue weighted by atomic mass is 15.2. The lowest BCUT2D eigenvalue weighted by Gasteiger charge is -2.36. The largest absolute Gasteiger partial charge is 0.369 e. The van der Waals surface area contributed by atoms with Crippen LogP contribution in [0.2, 0.25) is 0 Å². The normalized spacial score (nSPS) is 25.1. The van der Waals surface area contributed by atoms with Gasteiger partial charge in [0.1, 0.15) is 0 Å². The molecule has 0 bridgehead atoms. The molecule has 0 saturated heterocycles. The Hall–Kier alpha value is -1.54. The smallest absolute Gasteiger partial charge is 0.0489 e. The number of nitrogens with one attached hydrogen (secondary N) is 1. The predicted molar refractivity (Wildman–Crippen MR) is 71.0 cm³/mol. The van der Waals surface area contributed by atoms with Crippen LogP contribution in [0.3, 0.4) is 0 Å². The van der Waals surface area contributed by atoms with Crippen molar-refractivity contribution in [3.63, 3.8) is 0 Å². The van der Waals surface area contributed by atoms with Crippen molar-refractivity contribution in [2.45, 2.75) is 6.54 Å². The van der Waals surface area contributed by atoms with E-state index in [0.29, 0.717) is 5.92 Å². The van der Waals surface area contributed by atoms with E-state index in [2.05, 4.69) is 46.6 Å². The van der Waals surface area contributed by atoms with Gasteiger partial charge in [0.15, 0.2) is 0 Å². The lowest BCUT2D eigenvalue weighted by atomic mass is 9.87. The van der Waals surface area contributed by atoms with Crippen LogP contribution in [0.5, 0.6) is 0 Å². The van der Waals surface area contributed by atoms with E-state index in [-0.39, 0.29) is 0 Å². The highest BCUT2D eigenvalue weighted by Gasteiger charge is 2.30. The Morgan fingerprint density at radius 2 is 2.29 bits per heavy atom. The van der Waals surface area contributed by atoms with Gasteiger partial charge in [0.2, 0.25) is 0 Å². The van der Waals surface area contributed by atoms with Crippen molar-refractivity contribution >= 4 is 11.3 Å². The molecule has 1 N–H and O–H groups in total. The molecule has 0 spiro atoms. The number of para-hydroxylation sites is 1. The molecule has 0 fully saturated rings. The standard InChI is InChI=1S/C15H16N2/c1-3-11-9-16-7-8-17-10-12-4-2-5-13(12)14(6-1)15(11)17/h1-6,12,16H,7-10H2. The summed E-state index contributed by atoms with van der Waals surface area (Å²) in [6.45, 7) is 4.37. The molecule has 1 aliphatic carbocycles. The van der Waals surface area contributed by atoms with Crippen molar-refractivity contribution in [3.05, 3.63) is 47.6 Å². The molecule has 1 aromatic rings. The molecule has 1 aromatic carbocycles. The first kappa shape index (κ1) is 9.49. The molecule has 0 radical (unpaired) electrons. The number of rotatable bonds is 0. The van der Waals surface area contributed by atoms with Crippen LogP contribution in [0.4, 0.5) is 5.69 Å². The van der Waals surface area contributed by atoms with Crippen molar-refractivity contribution in [1.82, 2.24) is 5.32 Å². The van der Waals surface area contributed by atoms with Crippen molar-refractivity contribution in [2.24, 2.45) is 5.92 Å². The Morgan fingerprint density at radius 1 is 1.29 bits per heavy atom. The summed E-state index contributed by atoms with van der Waals surface area (Å²) in [4.78, 5) is 2.56. The number of benzene rings is 1. The van der Waals surface area contributed by atoms with E-state index < -0.39 is 0 Å². The first-order valence-electron chi connectivity index (χ1n) is 6.40. The monoisotopic (exact) mass is 224 g/mol. The SMILES string of the molecule is C1=CC2CN3CCNCc4cccc(c43)C2=C1. The molecule has 17 heavy (non-hydrogen) atoms. The summed E-state index contributed by atoms with van der Waals surface area (Å²) in [6.07, 6.45) is 6.84. The lowest BCUT2D eigenvalue weighted by Crippen LogP contribution is -2.36. The molecule has 0 aromatic heterocycles. The van der Waals surface area contributed by atoms with Gasteiger partial charge in [-0.3, -0.25) is 0 Å². The van der Waals surface area contributed by atoms with Gasteiger partial charge < -0.3 is 10.2 Å². The number of nitrogens with zero attached hydrogens (tertiary/aromatic N) is 1. The summed E-state index contributed by atoms with van der Waals surface area (Å²) >= 11 is 0. The molecule has 3 aliphatic rings. The van der Waals surface area contributed by atoms with Crippen molar-refractivity contribution in [3.8, 4) is 0 Å². The van der Waals surface area contributed by atoms with Gasteiger partial charge in [-0.05, 0) is 11.1 Å². The highest BCUT2D eigenvalue weighted by Crippen LogP contribution is 2.42. The summed E-state index contributed by atoms with van der Waals surface area (Å²) in [5.41, 5.74) is 5.89. The van der Waals surface area contributed by atoms with Crippen LogP contribution in [0.25, 0.3) is 5.57 Å². The molecule has 0 amide bonds. The maximum absolute atomic E-state index is 3.51. The topological polar surface area (TPSA) is 15.3 Å². The van der Waals surface area contributed by atoms with E-state index in [4.69, 9.17) is 0 Å². The van der Waals surface area contributed by atoms with Gasteiger partial charge in [-0.25, -0.2) is 0 Å². The Balaban J connectivity index is 1.95. The lowest BCUT2D eigenvalue weighted by molar-refractivity contribution is 0.665. The molecule has 2 heteroatoms. The van der Waals surface area contributed by atoms with E-state index in [1.165, 1.54) is 22.4 Å². The van der Waals surface area contributed by atoms with Crippen molar-refractivity contribution in [1.29, 1.82) is 0 Å². The summed E-state index contributed by atoms with van der Waals surface area (Å²) < 4.78 is 0. The van der Waals surface area contributed by atoms with E-state index in [1.54, 1.807) is 0 Å². The van der Waals surface area contributed by atoms with Gasteiger partial charge in [0, 0.05) is 43.3 Å². The fourth-order valence-electron chi connectivity index (χ4n) is 3.28. The van der Waals surface area contributed by atoms with Gasteiger partial charge in [-0.15, -0.1) is 0 Å². The minimum absolute atomic E-state index is 0.607. The summed E-state index contributed by atoms with van der Waals surface area (Å²) in [5.74, 6) is 0.607. The Morgan fingerprint density at radius 3 is 3.29 bits per heavy atom. The zero-order valence-corrected chi connectivity index (χ0v) is 9.82. The van der Waals surface area contributed by atoms with Gasteiger partial charge in [-0.1, -0.05) is 36.4 Å². The molecule has 1 unspecified atom stereocenters. The average Bonchev–Trinajstić information content (AvgIpc) is 2.73. The quantitative estimate of drug-likeness (QED) is 0.726. The molecular formula is C15H16N2. The summed E-state index contributed by atoms with van der Waals surface area (Å²) in [7, 11) is 0. The zero-order chi connectivity index (χ0) is 11.2. The Bertz CT molecular complexity index is 528. The number of anilines is 1. The predicted octanol–water partition coefficient (Wildman–Crippen LogP) is 2.18. The van der Waals surface area contributed by atoms with Crippen molar-refractivity contribution in [2.75, 3.05) is 24.5 Å². The Kier molecular flexibility index (Phi) is 1.94. The summed E-state index contributed by atoms with van der Waals surface area (Å²) in [5, 5.41) is 3.51. The molecule has 2 aliphatic heterocycles. The second-order valence-corrected chi connectivity index (χ2v) is 5.05. The van der Waals surface area contributed by atoms with E-state index in [9.17, 15) is 0 Å².